The minimum atomic E-state index is -0.418. The van der Waals surface area contributed by atoms with Crippen LogP contribution in [0.2, 0.25) is 0 Å². The van der Waals surface area contributed by atoms with Gasteiger partial charge in [0.05, 0.1) is 6.10 Å². The Morgan fingerprint density at radius 1 is 1.30 bits per heavy atom. The van der Waals surface area contributed by atoms with Gasteiger partial charge in [0, 0.05) is 31.7 Å². The van der Waals surface area contributed by atoms with Gasteiger partial charge in [0.15, 0.2) is 0 Å². The van der Waals surface area contributed by atoms with Gasteiger partial charge in [-0.05, 0) is 48.8 Å². The Morgan fingerprint density at radius 2 is 2.00 bits per heavy atom. The van der Waals surface area contributed by atoms with E-state index in [1.807, 2.05) is 14.1 Å². The average Bonchev–Trinajstić information content (AvgIpc) is 3.07. The fourth-order valence-corrected chi connectivity index (χ4v) is 4.47. The molecular formula is C17H26N2O. The van der Waals surface area contributed by atoms with Crippen LogP contribution in [0.15, 0.2) is 24.3 Å². The Balaban J connectivity index is 1.85. The summed E-state index contributed by atoms with van der Waals surface area (Å²) in [6.07, 6.45) is 4.53. The molecule has 2 bridgehead atoms. The van der Waals surface area contributed by atoms with Crippen molar-refractivity contribution in [2.45, 2.75) is 31.8 Å². The van der Waals surface area contributed by atoms with E-state index >= 15 is 0 Å². The second-order valence-electron chi connectivity index (χ2n) is 6.91. The molecule has 0 aromatic heterocycles. The highest BCUT2D eigenvalue weighted by molar-refractivity contribution is 5.46. The molecule has 3 heteroatoms. The summed E-state index contributed by atoms with van der Waals surface area (Å²) in [4.78, 5) is 2.08. The van der Waals surface area contributed by atoms with Crippen molar-refractivity contribution in [3.05, 3.63) is 29.8 Å². The first-order valence-corrected chi connectivity index (χ1v) is 7.72. The van der Waals surface area contributed by atoms with Crippen LogP contribution in [0.25, 0.3) is 0 Å². The zero-order valence-electron chi connectivity index (χ0n) is 12.5. The van der Waals surface area contributed by atoms with Crippen LogP contribution < -0.4 is 10.6 Å². The number of hydrogen-bond acceptors (Lipinski definition) is 3. The third-order valence-electron chi connectivity index (χ3n) is 5.67. The third kappa shape index (κ3) is 2.04. The Morgan fingerprint density at radius 3 is 2.45 bits per heavy atom. The number of hydrogen-bond donors (Lipinski definition) is 2. The molecule has 3 rings (SSSR count). The molecule has 0 radical (unpaired) electrons. The Bertz CT molecular complexity index is 470. The number of rotatable bonds is 4. The monoisotopic (exact) mass is 274 g/mol. The van der Waals surface area contributed by atoms with Gasteiger partial charge in [-0.25, -0.2) is 0 Å². The summed E-state index contributed by atoms with van der Waals surface area (Å²) in [6.45, 7) is 0.602. The summed E-state index contributed by atoms with van der Waals surface area (Å²) < 4.78 is 0. The minimum Gasteiger partial charge on any atom is -0.388 e. The average molecular weight is 274 g/mol. The number of benzene rings is 1. The van der Waals surface area contributed by atoms with E-state index in [1.165, 1.54) is 19.3 Å². The number of nitrogens with two attached hydrogens (primary N) is 1. The van der Waals surface area contributed by atoms with Gasteiger partial charge in [-0.1, -0.05) is 18.6 Å². The third-order valence-corrected chi connectivity index (χ3v) is 5.67. The maximum absolute atomic E-state index is 10.9. The summed E-state index contributed by atoms with van der Waals surface area (Å²) >= 11 is 0. The number of nitrogens with zero attached hydrogens (tertiary/aromatic N) is 1. The molecule has 0 heterocycles. The topological polar surface area (TPSA) is 49.5 Å². The molecule has 2 saturated carbocycles. The number of aliphatic hydroxyl groups excluding tert-OH is 1. The molecule has 2 aliphatic carbocycles. The normalized spacial score (nSPS) is 33.4. The van der Waals surface area contributed by atoms with Gasteiger partial charge in [0.1, 0.15) is 0 Å². The fourth-order valence-electron chi connectivity index (χ4n) is 4.47. The second kappa shape index (κ2) is 5.05. The van der Waals surface area contributed by atoms with E-state index in [0.29, 0.717) is 12.5 Å². The molecule has 3 nitrogen and oxygen atoms in total. The number of aliphatic hydroxyl groups is 1. The predicted molar refractivity (Wildman–Crippen MR) is 82.7 cm³/mol. The summed E-state index contributed by atoms with van der Waals surface area (Å²) in [7, 11) is 4.06. The molecule has 0 saturated heterocycles. The summed E-state index contributed by atoms with van der Waals surface area (Å²) in [6, 6.07) is 8.28. The molecule has 0 spiro atoms. The van der Waals surface area contributed by atoms with Gasteiger partial charge >= 0.3 is 0 Å². The van der Waals surface area contributed by atoms with Gasteiger partial charge in [0.25, 0.3) is 0 Å². The van der Waals surface area contributed by atoms with Crippen LogP contribution in [0.1, 0.15) is 37.4 Å². The fraction of sp³-hybridized carbons (Fsp3) is 0.647. The van der Waals surface area contributed by atoms with E-state index in [4.69, 9.17) is 5.73 Å². The minimum absolute atomic E-state index is 0.0808. The molecule has 4 unspecified atom stereocenters. The summed E-state index contributed by atoms with van der Waals surface area (Å²) in [5.74, 6) is 1.40. The largest absolute Gasteiger partial charge is 0.388 e. The van der Waals surface area contributed by atoms with Crippen molar-refractivity contribution in [1.29, 1.82) is 0 Å². The highest BCUT2D eigenvalue weighted by Gasteiger charge is 2.54. The van der Waals surface area contributed by atoms with E-state index in [9.17, 15) is 5.11 Å². The smallest absolute Gasteiger partial charge is 0.0861 e. The lowest BCUT2D eigenvalue weighted by molar-refractivity contribution is -0.0130. The van der Waals surface area contributed by atoms with E-state index in [2.05, 4.69) is 29.2 Å². The molecule has 4 atom stereocenters. The van der Waals surface area contributed by atoms with Crippen molar-refractivity contribution < 1.29 is 5.11 Å². The van der Waals surface area contributed by atoms with Gasteiger partial charge in [0.2, 0.25) is 0 Å². The standard InChI is InChI=1S/C17H26N2O/c1-19(2)15-7-4-13(5-8-15)16(20)17(11-18)10-12-3-6-14(17)9-12/h4-5,7-8,12,14,16,20H,3,6,9-11,18H2,1-2H3. The van der Waals surface area contributed by atoms with Crippen molar-refractivity contribution in [2.24, 2.45) is 23.0 Å². The Hall–Kier alpha value is -1.06. The molecule has 1 aromatic carbocycles. The predicted octanol–water partition coefficient (Wildman–Crippen LogP) is 2.55. The van der Waals surface area contributed by atoms with Crippen molar-refractivity contribution >= 4 is 5.69 Å². The van der Waals surface area contributed by atoms with Crippen molar-refractivity contribution in [3.63, 3.8) is 0 Å². The molecule has 3 N–H and O–H groups in total. The molecule has 1 aromatic rings. The number of fused-ring (bicyclic) bond motifs is 2. The first-order chi connectivity index (χ1) is 9.56. The number of anilines is 1. The Labute approximate surface area is 121 Å². The van der Waals surface area contributed by atoms with Crippen LogP contribution >= 0.6 is 0 Å². The van der Waals surface area contributed by atoms with Crippen LogP contribution in [0.5, 0.6) is 0 Å². The van der Waals surface area contributed by atoms with Crippen LogP contribution in [0.4, 0.5) is 5.69 Å². The summed E-state index contributed by atoms with van der Waals surface area (Å²) in [5.41, 5.74) is 8.21. The molecule has 110 valence electrons. The van der Waals surface area contributed by atoms with Crippen LogP contribution in [0.3, 0.4) is 0 Å². The molecule has 0 amide bonds. The van der Waals surface area contributed by atoms with Crippen molar-refractivity contribution in [2.75, 3.05) is 25.5 Å². The molecule has 20 heavy (non-hydrogen) atoms. The van der Waals surface area contributed by atoms with Crippen molar-refractivity contribution in [3.8, 4) is 0 Å². The Kier molecular flexibility index (Phi) is 3.51. The van der Waals surface area contributed by atoms with Crippen LogP contribution in [0, 0.1) is 17.3 Å². The van der Waals surface area contributed by atoms with Gasteiger partial charge < -0.3 is 15.7 Å². The maximum atomic E-state index is 10.9. The lowest BCUT2D eigenvalue weighted by Crippen LogP contribution is -2.41. The summed E-state index contributed by atoms with van der Waals surface area (Å²) in [5, 5.41) is 10.9. The quantitative estimate of drug-likeness (QED) is 0.887. The highest BCUT2D eigenvalue weighted by atomic mass is 16.3. The zero-order chi connectivity index (χ0) is 14.3. The molecule has 0 aliphatic heterocycles. The molecule has 2 aliphatic rings. The lowest BCUT2D eigenvalue weighted by atomic mass is 9.67. The zero-order valence-corrected chi connectivity index (χ0v) is 12.5. The lowest BCUT2D eigenvalue weighted by Gasteiger charge is -2.41. The van der Waals surface area contributed by atoms with E-state index < -0.39 is 6.10 Å². The molecule has 2 fully saturated rings. The van der Waals surface area contributed by atoms with Crippen LogP contribution in [-0.2, 0) is 0 Å². The van der Waals surface area contributed by atoms with E-state index in [-0.39, 0.29) is 5.41 Å². The first-order valence-electron chi connectivity index (χ1n) is 7.72. The highest BCUT2D eigenvalue weighted by Crippen LogP contribution is 2.60. The molecular weight excluding hydrogens is 248 g/mol. The SMILES string of the molecule is CN(C)c1ccc(C(O)C2(CN)CC3CCC2C3)cc1. The van der Waals surface area contributed by atoms with Crippen molar-refractivity contribution in [1.82, 2.24) is 0 Å². The second-order valence-corrected chi connectivity index (χ2v) is 6.91. The maximum Gasteiger partial charge on any atom is 0.0861 e. The van der Waals surface area contributed by atoms with Crippen LogP contribution in [-0.4, -0.2) is 25.7 Å². The first kappa shape index (κ1) is 13.9. The van der Waals surface area contributed by atoms with E-state index in [1.54, 1.807) is 0 Å². The van der Waals surface area contributed by atoms with Gasteiger partial charge in [-0.15, -0.1) is 0 Å². The van der Waals surface area contributed by atoms with Gasteiger partial charge in [-0.2, -0.15) is 0 Å². The van der Waals surface area contributed by atoms with E-state index in [0.717, 1.165) is 23.6 Å². The van der Waals surface area contributed by atoms with Gasteiger partial charge in [-0.3, -0.25) is 0 Å².